The summed E-state index contributed by atoms with van der Waals surface area (Å²) >= 11 is 6.08. The van der Waals surface area contributed by atoms with Crippen LogP contribution in [0.3, 0.4) is 0 Å². The van der Waals surface area contributed by atoms with Crippen molar-refractivity contribution in [2.45, 2.75) is 31.8 Å². The lowest BCUT2D eigenvalue weighted by Gasteiger charge is -2.27. The Bertz CT molecular complexity index is 856. The lowest BCUT2D eigenvalue weighted by atomic mass is 9.86. The number of aromatic nitrogens is 1. The number of halogens is 2. The van der Waals surface area contributed by atoms with Gasteiger partial charge >= 0.3 is 0 Å². The van der Waals surface area contributed by atoms with Crippen LogP contribution >= 0.6 is 11.6 Å². The van der Waals surface area contributed by atoms with Crippen molar-refractivity contribution in [3.05, 3.63) is 59.0 Å². The van der Waals surface area contributed by atoms with Crippen LogP contribution in [0.15, 0.2) is 42.6 Å². The van der Waals surface area contributed by atoms with Gasteiger partial charge in [0.25, 0.3) is 0 Å². The number of nitrogens with one attached hydrogen (secondary N) is 1. The Morgan fingerprint density at radius 1 is 1.20 bits per heavy atom. The third kappa shape index (κ3) is 4.76. The molecule has 5 nitrogen and oxygen atoms in total. The van der Waals surface area contributed by atoms with E-state index < -0.39 is 5.82 Å². The monoisotopic (exact) mass is 431 g/mol. The van der Waals surface area contributed by atoms with Gasteiger partial charge in [0, 0.05) is 41.9 Å². The molecule has 0 aliphatic carbocycles. The average molecular weight is 432 g/mol. The van der Waals surface area contributed by atoms with Gasteiger partial charge in [-0.2, -0.15) is 0 Å². The number of amides is 1. The Kier molecular flexibility index (Phi) is 6.54. The average Bonchev–Trinajstić information content (AvgIpc) is 3.21. The highest BCUT2D eigenvalue weighted by molar-refractivity contribution is 6.30. The smallest absolute Gasteiger partial charge is 0.225 e. The third-order valence-electron chi connectivity index (χ3n) is 6.27. The van der Waals surface area contributed by atoms with Crippen LogP contribution in [0.5, 0.6) is 5.88 Å². The van der Waals surface area contributed by atoms with Crippen molar-refractivity contribution >= 4 is 17.5 Å². The lowest BCUT2D eigenvalue weighted by Crippen LogP contribution is -2.40. The Morgan fingerprint density at radius 3 is 2.60 bits per heavy atom. The summed E-state index contributed by atoms with van der Waals surface area (Å²) in [4.78, 5) is 19.2. The highest BCUT2D eigenvalue weighted by Gasteiger charge is 2.41. The van der Waals surface area contributed by atoms with Gasteiger partial charge in [0.05, 0.1) is 6.20 Å². The number of carbonyl (C=O) groups is 1. The fourth-order valence-corrected chi connectivity index (χ4v) is 4.71. The van der Waals surface area contributed by atoms with Gasteiger partial charge in [-0.15, -0.1) is 0 Å². The molecule has 0 radical (unpaired) electrons. The zero-order chi connectivity index (χ0) is 21.1. The van der Waals surface area contributed by atoms with Crippen LogP contribution in [0.2, 0.25) is 5.02 Å². The van der Waals surface area contributed by atoms with Crippen LogP contribution in [0.25, 0.3) is 0 Å². The minimum atomic E-state index is -0.395. The predicted molar refractivity (Wildman–Crippen MR) is 114 cm³/mol. The SMILES string of the molecule is C[C@H](Oc1ccc(F)cn1)C1CN(C(=O)C2CCNCC2)CC1c1ccc(Cl)cc1. The van der Waals surface area contributed by atoms with Crippen LogP contribution in [0, 0.1) is 17.7 Å². The van der Waals surface area contributed by atoms with Gasteiger partial charge < -0.3 is 15.0 Å². The number of carbonyl (C=O) groups excluding carboxylic acids is 1. The summed E-state index contributed by atoms with van der Waals surface area (Å²) in [7, 11) is 0. The summed E-state index contributed by atoms with van der Waals surface area (Å²) in [6.45, 7) is 5.09. The first-order valence-corrected chi connectivity index (χ1v) is 10.9. The second-order valence-corrected chi connectivity index (χ2v) is 8.66. The molecule has 4 rings (SSSR count). The van der Waals surface area contributed by atoms with E-state index in [1.807, 2.05) is 36.1 Å². The van der Waals surface area contributed by atoms with Gasteiger partial charge in [0.1, 0.15) is 11.9 Å². The molecule has 2 aliphatic heterocycles. The van der Waals surface area contributed by atoms with Gasteiger partial charge in [-0.25, -0.2) is 9.37 Å². The van der Waals surface area contributed by atoms with Crippen molar-refractivity contribution in [1.29, 1.82) is 0 Å². The van der Waals surface area contributed by atoms with E-state index in [0.717, 1.165) is 37.7 Å². The fraction of sp³-hybridized carbons (Fsp3) is 0.478. The molecule has 1 aromatic heterocycles. The molecule has 2 fully saturated rings. The van der Waals surface area contributed by atoms with Crippen LogP contribution < -0.4 is 10.1 Å². The number of benzene rings is 1. The second kappa shape index (κ2) is 9.31. The van der Waals surface area contributed by atoms with Crippen LogP contribution in [0.4, 0.5) is 4.39 Å². The van der Waals surface area contributed by atoms with Gasteiger partial charge in [0.2, 0.25) is 11.8 Å². The molecule has 1 aromatic carbocycles. The first-order chi connectivity index (χ1) is 14.5. The normalized spacial score (nSPS) is 23.4. The zero-order valence-corrected chi connectivity index (χ0v) is 17.8. The number of hydrogen-bond donors (Lipinski definition) is 1. The molecule has 2 unspecified atom stereocenters. The quantitative estimate of drug-likeness (QED) is 0.780. The predicted octanol–water partition coefficient (Wildman–Crippen LogP) is 3.88. The highest BCUT2D eigenvalue weighted by Crippen LogP contribution is 2.37. The molecule has 7 heteroatoms. The van der Waals surface area contributed by atoms with Gasteiger partial charge in [0.15, 0.2) is 0 Å². The van der Waals surface area contributed by atoms with E-state index >= 15 is 0 Å². The number of likely N-dealkylation sites (tertiary alicyclic amines) is 1. The maximum absolute atomic E-state index is 13.2. The molecular formula is C23H27ClFN3O2. The molecule has 2 aliphatic rings. The zero-order valence-electron chi connectivity index (χ0n) is 17.1. The van der Waals surface area contributed by atoms with Gasteiger partial charge in [-0.05, 0) is 56.6 Å². The van der Waals surface area contributed by atoms with E-state index in [1.165, 1.54) is 12.1 Å². The van der Waals surface area contributed by atoms with Crippen molar-refractivity contribution < 1.29 is 13.9 Å². The maximum atomic E-state index is 13.2. The van der Waals surface area contributed by atoms with Gasteiger partial charge in [-0.1, -0.05) is 23.7 Å². The van der Waals surface area contributed by atoms with Crippen LogP contribution in [0.1, 0.15) is 31.2 Å². The maximum Gasteiger partial charge on any atom is 0.225 e. The Morgan fingerprint density at radius 2 is 1.93 bits per heavy atom. The molecule has 1 N–H and O–H groups in total. The molecule has 0 saturated carbocycles. The van der Waals surface area contributed by atoms with E-state index in [4.69, 9.17) is 16.3 Å². The van der Waals surface area contributed by atoms with E-state index in [2.05, 4.69) is 10.3 Å². The topological polar surface area (TPSA) is 54.5 Å². The van der Waals surface area contributed by atoms with Crippen molar-refractivity contribution in [2.75, 3.05) is 26.2 Å². The summed E-state index contributed by atoms with van der Waals surface area (Å²) < 4.78 is 19.2. The Balaban J connectivity index is 1.53. The minimum Gasteiger partial charge on any atom is -0.474 e. The molecule has 0 bridgehead atoms. The molecule has 30 heavy (non-hydrogen) atoms. The van der Waals surface area contributed by atoms with Crippen LogP contribution in [-0.2, 0) is 4.79 Å². The molecule has 0 spiro atoms. The van der Waals surface area contributed by atoms with E-state index in [0.29, 0.717) is 24.0 Å². The molecule has 3 heterocycles. The molecule has 3 atom stereocenters. The highest BCUT2D eigenvalue weighted by atomic mass is 35.5. The van der Waals surface area contributed by atoms with Gasteiger partial charge in [-0.3, -0.25) is 4.79 Å². The number of piperidine rings is 1. The molecule has 2 saturated heterocycles. The lowest BCUT2D eigenvalue weighted by molar-refractivity contribution is -0.135. The number of nitrogens with zero attached hydrogens (tertiary/aromatic N) is 2. The summed E-state index contributed by atoms with van der Waals surface area (Å²) in [5.41, 5.74) is 1.15. The molecule has 2 aromatic rings. The van der Waals surface area contributed by atoms with Crippen molar-refractivity contribution in [2.24, 2.45) is 11.8 Å². The van der Waals surface area contributed by atoms with E-state index in [1.54, 1.807) is 0 Å². The first-order valence-electron chi connectivity index (χ1n) is 10.5. The molecule has 160 valence electrons. The summed E-state index contributed by atoms with van der Waals surface area (Å²) in [5, 5.41) is 4.01. The standard InChI is InChI=1S/C23H27ClFN3O2/c1-15(30-22-7-6-19(25)12-27-22)20-13-28(23(29)17-8-10-26-11-9-17)14-21(20)16-2-4-18(24)5-3-16/h2-7,12,15,17,20-21,26H,8-11,13-14H2,1H3/t15-,20?,21?/m0/s1. The number of pyridine rings is 1. The van der Waals surface area contributed by atoms with Crippen molar-refractivity contribution in [1.82, 2.24) is 15.2 Å². The third-order valence-corrected chi connectivity index (χ3v) is 6.53. The first kappa shape index (κ1) is 21.1. The van der Waals surface area contributed by atoms with Crippen molar-refractivity contribution in [3.8, 4) is 5.88 Å². The molecular weight excluding hydrogens is 405 g/mol. The van der Waals surface area contributed by atoms with Crippen LogP contribution in [-0.4, -0.2) is 48.1 Å². The Hall–Kier alpha value is -2.18. The Labute approximate surface area is 181 Å². The number of ether oxygens (including phenoxy) is 1. The van der Waals surface area contributed by atoms with E-state index in [-0.39, 0.29) is 29.8 Å². The number of hydrogen-bond acceptors (Lipinski definition) is 4. The minimum absolute atomic E-state index is 0.0888. The number of rotatable bonds is 5. The fourth-order valence-electron chi connectivity index (χ4n) is 4.58. The summed E-state index contributed by atoms with van der Waals surface area (Å²) in [5.74, 6) is 0.568. The van der Waals surface area contributed by atoms with Crippen molar-refractivity contribution in [3.63, 3.8) is 0 Å². The van der Waals surface area contributed by atoms with E-state index in [9.17, 15) is 9.18 Å². The second-order valence-electron chi connectivity index (χ2n) is 8.23. The summed E-state index contributed by atoms with van der Waals surface area (Å²) in [6, 6.07) is 10.7. The summed E-state index contributed by atoms with van der Waals surface area (Å²) in [6.07, 6.45) is 2.74. The largest absolute Gasteiger partial charge is 0.474 e. The molecule has 1 amide bonds.